The smallest absolute Gasteiger partial charge is 0.0666 e. The highest BCUT2D eigenvalue weighted by Crippen LogP contribution is 2.39. The van der Waals surface area contributed by atoms with Crippen molar-refractivity contribution >= 4 is 0 Å². The average molecular weight is 228 g/mol. The van der Waals surface area contributed by atoms with Crippen LogP contribution in [-0.2, 0) is 5.54 Å². The molecule has 17 heavy (non-hydrogen) atoms. The monoisotopic (exact) mass is 228 g/mol. The number of allylic oxidation sites excluding steroid dienone is 1. The third-order valence-electron chi connectivity index (χ3n) is 3.94. The second-order valence-corrected chi connectivity index (χ2v) is 4.94. The van der Waals surface area contributed by atoms with Gasteiger partial charge >= 0.3 is 0 Å². The summed E-state index contributed by atoms with van der Waals surface area (Å²) in [7, 11) is 0. The summed E-state index contributed by atoms with van der Waals surface area (Å²) in [5.41, 5.74) is 16.5. The van der Waals surface area contributed by atoms with Crippen LogP contribution in [0.1, 0.15) is 26.3 Å². The van der Waals surface area contributed by atoms with E-state index in [1.807, 2.05) is 25.1 Å². The van der Waals surface area contributed by atoms with Gasteiger partial charge in [-0.15, -0.1) is 0 Å². The second-order valence-electron chi connectivity index (χ2n) is 4.94. The summed E-state index contributed by atoms with van der Waals surface area (Å²) in [6.07, 6.45) is 2.09. The van der Waals surface area contributed by atoms with Crippen molar-refractivity contribution in [3.63, 3.8) is 0 Å². The van der Waals surface area contributed by atoms with E-state index in [0.717, 1.165) is 16.8 Å². The predicted molar refractivity (Wildman–Crippen MR) is 72.1 cm³/mol. The lowest BCUT2D eigenvalue weighted by molar-refractivity contribution is 0.406. The molecular formula is C15H20N2. The standard InChI is InChI=1S/C15H20N2/c1-10-9-15(17,12(3)11(2)14(10)16)13-7-5-4-6-8-13/h4-9,12H,16-17H2,1-3H3. The van der Waals surface area contributed by atoms with Crippen molar-refractivity contribution in [2.24, 2.45) is 17.4 Å². The number of nitrogens with two attached hydrogens (primary N) is 2. The van der Waals surface area contributed by atoms with Gasteiger partial charge in [-0.1, -0.05) is 43.3 Å². The number of hydrogen-bond donors (Lipinski definition) is 2. The van der Waals surface area contributed by atoms with Crippen molar-refractivity contribution in [1.82, 2.24) is 0 Å². The van der Waals surface area contributed by atoms with Gasteiger partial charge < -0.3 is 11.5 Å². The summed E-state index contributed by atoms with van der Waals surface area (Å²) in [5.74, 6) is 0.216. The van der Waals surface area contributed by atoms with E-state index in [1.54, 1.807) is 0 Å². The minimum Gasteiger partial charge on any atom is -0.399 e. The SMILES string of the molecule is CC1=CC(N)(c2ccccc2)C(C)C(C)=C1N. The van der Waals surface area contributed by atoms with Crippen LogP contribution in [-0.4, -0.2) is 0 Å². The third kappa shape index (κ3) is 1.79. The van der Waals surface area contributed by atoms with Gasteiger partial charge in [-0.3, -0.25) is 0 Å². The molecular weight excluding hydrogens is 208 g/mol. The van der Waals surface area contributed by atoms with Crippen molar-refractivity contribution < 1.29 is 0 Å². The highest BCUT2D eigenvalue weighted by Gasteiger charge is 2.36. The quantitative estimate of drug-likeness (QED) is 0.776. The Morgan fingerprint density at radius 1 is 1.12 bits per heavy atom. The van der Waals surface area contributed by atoms with Crippen LogP contribution in [0, 0.1) is 5.92 Å². The molecule has 4 N–H and O–H groups in total. The molecule has 0 spiro atoms. The van der Waals surface area contributed by atoms with Crippen LogP contribution in [0.2, 0.25) is 0 Å². The molecule has 0 aromatic heterocycles. The summed E-state index contributed by atoms with van der Waals surface area (Å²) in [4.78, 5) is 0. The maximum atomic E-state index is 6.60. The second kappa shape index (κ2) is 4.04. The molecule has 2 rings (SSSR count). The lowest BCUT2D eigenvalue weighted by Gasteiger charge is -2.38. The molecule has 1 aliphatic carbocycles. The number of rotatable bonds is 1. The largest absolute Gasteiger partial charge is 0.399 e. The Hall–Kier alpha value is -1.54. The van der Waals surface area contributed by atoms with Gasteiger partial charge in [-0.05, 0) is 30.6 Å². The van der Waals surface area contributed by atoms with Crippen molar-refractivity contribution in [3.8, 4) is 0 Å². The first kappa shape index (κ1) is 11.9. The molecule has 0 bridgehead atoms. The first-order chi connectivity index (χ1) is 7.97. The summed E-state index contributed by atoms with van der Waals surface area (Å²) in [6.45, 7) is 6.23. The number of hydrogen-bond acceptors (Lipinski definition) is 2. The minimum atomic E-state index is -0.446. The maximum Gasteiger partial charge on any atom is 0.0666 e. The molecule has 0 heterocycles. The summed E-state index contributed by atoms with van der Waals surface area (Å²) >= 11 is 0. The predicted octanol–water partition coefficient (Wildman–Crippen LogP) is 2.67. The van der Waals surface area contributed by atoms with Gasteiger partial charge in [0.2, 0.25) is 0 Å². The topological polar surface area (TPSA) is 52.0 Å². The first-order valence-electron chi connectivity index (χ1n) is 5.97. The molecule has 0 aliphatic heterocycles. The van der Waals surface area contributed by atoms with Crippen LogP contribution in [0.4, 0.5) is 0 Å². The van der Waals surface area contributed by atoms with Gasteiger partial charge in [0.05, 0.1) is 5.54 Å². The zero-order valence-corrected chi connectivity index (χ0v) is 10.7. The maximum absolute atomic E-state index is 6.60. The van der Waals surface area contributed by atoms with Crippen molar-refractivity contribution in [3.05, 3.63) is 58.8 Å². The van der Waals surface area contributed by atoms with Gasteiger partial charge in [0.25, 0.3) is 0 Å². The molecule has 0 saturated carbocycles. The number of benzene rings is 1. The molecule has 1 aliphatic rings. The van der Waals surface area contributed by atoms with Crippen LogP contribution in [0.15, 0.2) is 53.3 Å². The fraction of sp³-hybridized carbons (Fsp3) is 0.333. The summed E-state index contributed by atoms with van der Waals surface area (Å²) in [5, 5.41) is 0. The van der Waals surface area contributed by atoms with E-state index in [4.69, 9.17) is 11.5 Å². The highest BCUT2D eigenvalue weighted by atomic mass is 14.8. The Bertz CT molecular complexity index is 485. The van der Waals surface area contributed by atoms with Gasteiger partial charge in [0.15, 0.2) is 0 Å². The molecule has 90 valence electrons. The zero-order chi connectivity index (χ0) is 12.6. The van der Waals surface area contributed by atoms with E-state index in [0.29, 0.717) is 0 Å². The van der Waals surface area contributed by atoms with E-state index < -0.39 is 5.54 Å². The van der Waals surface area contributed by atoms with Gasteiger partial charge in [-0.2, -0.15) is 0 Å². The van der Waals surface area contributed by atoms with Crippen LogP contribution < -0.4 is 11.5 Å². The molecule has 0 fully saturated rings. The van der Waals surface area contributed by atoms with E-state index in [1.165, 1.54) is 5.57 Å². The Morgan fingerprint density at radius 3 is 2.29 bits per heavy atom. The Balaban J connectivity index is 2.54. The molecule has 2 nitrogen and oxygen atoms in total. The third-order valence-corrected chi connectivity index (χ3v) is 3.94. The molecule has 2 heteroatoms. The van der Waals surface area contributed by atoms with Crippen molar-refractivity contribution in [1.29, 1.82) is 0 Å². The van der Waals surface area contributed by atoms with E-state index in [9.17, 15) is 0 Å². The lowest BCUT2D eigenvalue weighted by Crippen LogP contribution is -2.44. The van der Waals surface area contributed by atoms with Gasteiger partial charge in [-0.25, -0.2) is 0 Å². The molecule has 1 aromatic carbocycles. The average Bonchev–Trinajstić information content (AvgIpc) is 2.35. The molecule has 2 atom stereocenters. The lowest BCUT2D eigenvalue weighted by atomic mass is 9.71. The van der Waals surface area contributed by atoms with Crippen molar-refractivity contribution in [2.75, 3.05) is 0 Å². The molecule has 1 aromatic rings. The summed E-state index contributed by atoms with van der Waals surface area (Å²) in [6, 6.07) is 10.2. The van der Waals surface area contributed by atoms with Gasteiger partial charge in [0.1, 0.15) is 0 Å². The fourth-order valence-electron chi connectivity index (χ4n) is 2.52. The Labute approximate surface area is 103 Å². The normalized spacial score (nSPS) is 29.2. The molecule has 0 amide bonds. The van der Waals surface area contributed by atoms with E-state index >= 15 is 0 Å². The minimum absolute atomic E-state index is 0.216. The van der Waals surface area contributed by atoms with Crippen LogP contribution >= 0.6 is 0 Å². The molecule has 0 saturated heterocycles. The zero-order valence-electron chi connectivity index (χ0n) is 10.7. The Kier molecular flexibility index (Phi) is 2.84. The van der Waals surface area contributed by atoms with Crippen LogP contribution in [0.25, 0.3) is 0 Å². The highest BCUT2D eigenvalue weighted by molar-refractivity contribution is 5.45. The van der Waals surface area contributed by atoms with Gasteiger partial charge in [0, 0.05) is 11.6 Å². The van der Waals surface area contributed by atoms with E-state index in [-0.39, 0.29) is 5.92 Å². The van der Waals surface area contributed by atoms with E-state index in [2.05, 4.69) is 32.1 Å². The fourth-order valence-corrected chi connectivity index (χ4v) is 2.52. The summed E-state index contributed by atoms with van der Waals surface area (Å²) < 4.78 is 0. The van der Waals surface area contributed by atoms with Crippen LogP contribution in [0.5, 0.6) is 0 Å². The first-order valence-corrected chi connectivity index (χ1v) is 5.97. The van der Waals surface area contributed by atoms with Crippen LogP contribution in [0.3, 0.4) is 0 Å². The molecule has 0 radical (unpaired) electrons. The Morgan fingerprint density at radius 2 is 1.71 bits per heavy atom. The van der Waals surface area contributed by atoms with Crippen molar-refractivity contribution in [2.45, 2.75) is 26.3 Å². The molecule has 2 unspecified atom stereocenters.